The number of hydrogen-bond acceptors (Lipinski definition) is 4. The summed E-state index contributed by atoms with van der Waals surface area (Å²) in [5, 5.41) is 2.43. The average molecular weight is 440 g/mol. The highest BCUT2D eigenvalue weighted by atomic mass is 16.5. The third-order valence-corrected chi connectivity index (χ3v) is 6.04. The Morgan fingerprint density at radius 1 is 1.03 bits per heavy atom. The smallest absolute Gasteiger partial charge is 0.128 e. The van der Waals surface area contributed by atoms with Gasteiger partial charge in [-0.25, -0.2) is 9.97 Å². The number of ether oxygens (including phenoxy) is 1. The maximum absolute atomic E-state index is 6.21. The largest absolute Gasteiger partial charge is 0.494 e. The lowest BCUT2D eigenvalue weighted by atomic mass is 10.1. The second kappa shape index (κ2) is 8.98. The first kappa shape index (κ1) is 21.1. The predicted molar refractivity (Wildman–Crippen MR) is 134 cm³/mol. The van der Waals surface area contributed by atoms with Crippen LogP contribution in [0.25, 0.3) is 21.8 Å². The summed E-state index contributed by atoms with van der Waals surface area (Å²) in [4.78, 5) is 16.0. The minimum Gasteiger partial charge on any atom is -0.494 e. The van der Waals surface area contributed by atoms with Crippen molar-refractivity contribution in [3.8, 4) is 5.75 Å². The SMILES string of the molecule is CCOc1ccc2[nH]cc(CCCc3ncc(N)c(Cc4ccc5[nH]c(C)cc5c4)n3)c2c1. The minimum atomic E-state index is 0.643. The van der Waals surface area contributed by atoms with E-state index in [1.165, 1.54) is 21.9 Å². The topological polar surface area (TPSA) is 92.6 Å². The lowest BCUT2D eigenvalue weighted by Crippen LogP contribution is -2.05. The Kier molecular flexibility index (Phi) is 5.73. The van der Waals surface area contributed by atoms with E-state index in [1.54, 1.807) is 6.20 Å². The van der Waals surface area contributed by atoms with Gasteiger partial charge < -0.3 is 20.4 Å². The van der Waals surface area contributed by atoms with E-state index in [0.29, 0.717) is 18.7 Å². The van der Waals surface area contributed by atoms with E-state index in [9.17, 15) is 0 Å². The average Bonchev–Trinajstić information content (AvgIpc) is 3.38. The number of nitrogens with one attached hydrogen (secondary N) is 2. The van der Waals surface area contributed by atoms with Gasteiger partial charge in [0.15, 0.2) is 0 Å². The number of anilines is 1. The molecule has 3 heterocycles. The molecule has 0 unspecified atom stereocenters. The summed E-state index contributed by atoms with van der Waals surface area (Å²) >= 11 is 0. The van der Waals surface area contributed by atoms with E-state index in [4.69, 9.17) is 15.5 Å². The van der Waals surface area contributed by atoms with Crippen molar-refractivity contribution in [3.63, 3.8) is 0 Å². The number of rotatable bonds is 8. The molecule has 3 aromatic heterocycles. The highest BCUT2D eigenvalue weighted by Gasteiger charge is 2.09. The molecule has 0 bridgehead atoms. The zero-order valence-corrected chi connectivity index (χ0v) is 19.1. The second-order valence-corrected chi connectivity index (χ2v) is 8.55. The summed E-state index contributed by atoms with van der Waals surface area (Å²) in [6, 6.07) is 14.8. The third kappa shape index (κ3) is 4.55. The van der Waals surface area contributed by atoms with E-state index in [2.05, 4.69) is 64.5 Å². The maximum Gasteiger partial charge on any atom is 0.128 e. The number of fused-ring (bicyclic) bond motifs is 2. The van der Waals surface area contributed by atoms with Crippen LogP contribution in [0.4, 0.5) is 5.69 Å². The van der Waals surface area contributed by atoms with Gasteiger partial charge in [-0.05, 0) is 79.6 Å². The highest BCUT2D eigenvalue weighted by molar-refractivity contribution is 5.84. The van der Waals surface area contributed by atoms with Gasteiger partial charge in [-0.3, -0.25) is 0 Å². The number of nitrogens with zero attached hydrogens (tertiary/aromatic N) is 2. The fraction of sp³-hybridized carbons (Fsp3) is 0.259. The maximum atomic E-state index is 6.21. The van der Waals surface area contributed by atoms with Crippen molar-refractivity contribution in [2.45, 2.75) is 39.5 Å². The Morgan fingerprint density at radius 2 is 1.91 bits per heavy atom. The molecule has 6 heteroatoms. The fourth-order valence-electron chi connectivity index (χ4n) is 4.42. The third-order valence-electron chi connectivity index (χ3n) is 6.04. The van der Waals surface area contributed by atoms with Gasteiger partial charge in [-0.15, -0.1) is 0 Å². The normalized spacial score (nSPS) is 11.5. The molecule has 33 heavy (non-hydrogen) atoms. The van der Waals surface area contributed by atoms with E-state index in [1.807, 2.05) is 13.0 Å². The van der Waals surface area contributed by atoms with Crippen LogP contribution in [-0.4, -0.2) is 26.5 Å². The Morgan fingerprint density at radius 3 is 2.79 bits per heavy atom. The van der Waals surface area contributed by atoms with Crippen molar-refractivity contribution in [1.82, 2.24) is 19.9 Å². The van der Waals surface area contributed by atoms with Gasteiger partial charge >= 0.3 is 0 Å². The fourth-order valence-corrected chi connectivity index (χ4v) is 4.42. The predicted octanol–water partition coefficient (Wildman–Crippen LogP) is 5.49. The first-order chi connectivity index (χ1) is 16.1. The van der Waals surface area contributed by atoms with Gasteiger partial charge in [0, 0.05) is 41.2 Å². The number of benzene rings is 2. The van der Waals surface area contributed by atoms with Crippen LogP contribution >= 0.6 is 0 Å². The molecule has 2 aromatic carbocycles. The van der Waals surface area contributed by atoms with Crippen molar-refractivity contribution in [3.05, 3.63) is 83.2 Å². The summed E-state index contributed by atoms with van der Waals surface area (Å²) < 4.78 is 5.66. The van der Waals surface area contributed by atoms with Crippen molar-refractivity contribution >= 4 is 27.5 Å². The molecule has 0 aliphatic carbocycles. The van der Waals surface area contributed by atoms with Gasteiger partial charge in [0.05, 0.1) is 24.2 Å². The van der Waals surface area contributed by atoms with Gasteiger partial charge in [0.1, 0.15) is 11.6 Å². The standard InChI is InChI=1S/C27H29N5O/c1-3-33-21-8-10-25-22(14-21)19(15-29-25)5-4-6-27-30-16-23(28)26(32-27)13-18-7-9-24-20(12-18)11-17(2)31-24/h7-12,14-16,29,31H,3-6,13,28H2,1-2H3. The van der Waals surface area contributed by atoms with Crippen LogP contribution in [0.5, 0.6) is 5.75 Å². The molecule has 5 aromatic rings. The van der Waals surface area contributed by atoms with Gasteiger partial charge in [-0.2, -0.15) is 0 Å². The Labute approximate surface area is 193 Å². The first-order valence-corrected chi connectivity index (χ1v) is 11.5. The summed E-state index contributed by atoms with van der Waals surface area (Å²) in [5.41, 5.74) is 13.7. The first-order valence-electron chi connectivity index (χ1n) is 11.5. The number of aryl methyl sites for hydroxylation is 3. The van der Waals surface area contributed by atoms with Crippen molar-refractivity contribution < 1.29 is 4.74 Å². The van der Waals surface area contributed by atoms with Crippen LogP contribution in [-0.2, 0) is 19.3 Å². The molecule has 6 nitrogen and oxygen atoms in total. The number of aromatic amines is 2. The molecule has 0 aliphatic rings. The molecule has 0 radical (unpaired) electrons. The number of nitrogens with two attached hydrogens (primary N) is 1. The quantitative estimate of drug-likeness (QED) is 0.298. The van der Waals surface area contributed by atoms with Gasteiger partial charge in [-0.1, -0.05) is 6.07 Å². The Bertz CT molecular complexity index is 1420. The molecule has 4 N–H and O–H groups in total. The number of hydrogen-bond donors (Lipinski definition) is 3. The van der Waals surface area contributed by atoms with Gasteiger partial charge in [0.2, 0.25) is 0 Å². The molecule has 0 spiro atoms. The molecule has 0 saturated carbocycles. The van der Waals surface area contributed by atoms with E-state index in [-0.39, 0.29) is 0 Å². The minimum absolute atomic E-state index is 0.643. The van der Waals surface area contributed by atoms with Crippen molar-refractivity contribution in [2.75, 3.05) is 12.3 Å². The monoisotopic (exact) mass is 439 g/mol. The molecule has 0 aliphatic heterocycles. The number of nitrogen functional groups attached to an aromatic ring is 1. The lowest BCUT2D eigenvalue weighted by molar-refractivity contribution is 0.340. The van der Waals surface area contributed by atoms with Crippen LogP contribution in [0.1, 0.15) is 41.7 Å². The summed E-state index contributed by atoms with van der Waals surface area (Å²) in [6.07, 6.45) is 7.25. The van der Waals surface area contributed by atoms with Gasteiger partial charge in [0.25, 0.3) is 0 Å². The van der Waals surface area contributed by atoms with E-state index < -0.39 is 0 Å². The Hall–Kier alpha value is -3.80. The molecular formula is C27H29N5O. The van der Waals surface area contributed by atoms with Crippen LogP contribution in [0.2, 0.25) is 0 Å². The molecule has 168 valence electrons. The summed E-state index contributed by atoms with van der Waals surface area (Å²) in [5.74, 6) is 1.75. The molecular weight excluding hydrogens is 410 g/mol. The lowest BCUT2D eigenvalue weighted by Gasteiger charge is -2.08. The van der Waals surface area contributed by atoms with E-state index >= 15 is 0 Å². The van der Waals surface area contributed by atoms with Crippen molar-refractivity contribution in [2.24, 2.45) is 0 Å². The van der Waals surface area contributed by atoms with Crippen LogP contribution in [0.15, 0.2) is 54.9 Å². The summed E-state index contributed by atoms with van der Waals surface area (Å²) in [7, 11) is 0. The zero-order chi connectivity index (χ0) is 22.8. The number of aromatic nitrogens is 4. The van der Waals surface area contributed by atoms with E-state index in [0.717, 1.165) is 53.3 Å². The number of H-pyrrole nitrogens is 2. The summed E-state index contributed by atoms with van der Waals surface area (Å²) in [6.45, 7) is 4.74. The van der Waals surface area contributed by atoms with Crippen molar-refractivity contribution in [1.29, 1.82) is 0 Å². The molecule has 5 rings (SSSR count). The molecule has 0 saturated heterocycles. The zero-order valence-electron chi connectivity index (χ0n) is 19.1. The molecule has 0 amide bonds. The van der Waals surface area contributed by atoms with Crippen LogP contribution < -0.4 is 10.5 Å². The highest BCUT2D eigenvalue weighted by Crippen LogP contribution is 2.25. The Balaban J connectivity index is 1.27. The molecule has 0 atom stereocenters. The second-order valence-electron chi connectivity index (χ2n) is 8.55. The van der Waals surface area contributed by atoms with Crippen LogP contribution in [0, 0.1) is 6.92 Å². The van der Waals surface area contributed by atoms with Crippen LogP contribution in [0.3, 0.4) is 0 Å². The molecule has 0 fully saturated rings.